The molecule has 0 amide bonds. The van der Waals surface area contributed by atoms with Crippen molar-refractivity contribution < 1.29 is 4.79 Å². The Morgan fingerprint density at radius 2 is 1.77 bits per heavy atom. The van der Waals surface area contributed by atoms with E-state index in [1.54, 1.807) is 0 Å². The lowest BCUT2D eigenvalue weighted by Gasteiger charge is -2.32. The van der Waals surface area contributed by atoms with Crippen LogP contribution < -0.4 is 0 Å². The molecule has 0 saturated heterocycles. The van der Waals surface area contributed by atoms with Crippen LogP contribution in [0.3, 0.4) is 0 Å². The van der Waals surface area contributed by atoms with Crippen LogP contribution in [-0.4, -0.2) is 10.6 Å². The first kappa shape index (κ1) is 6.60. The Kier molecular flexibility index (Phi) is 0.790. The summed E-state index contributed by atoms with van der Waals surface area (Å²) in [5.74, 6) is 6.90. The molecule has 9 atom stereocenters. The second kappa shape index (κ2) is 1.56. The van der Waals surface area contributed by atoms with Gasteiger partial charge in [-0.3, -0.25) is 4.79 Å². The number of hydrogen-bond acceptors (Lipinski definition) is 1. The van der Waals surface area contributed by atoms with Crippen molar-refractivity contribution in [3.8, 4) is 0 Å². The zero-order chi connectivity index (χ0) is 8.48. The van der Waals surface area contributed by atoms with E-state index in [4.69, 9.17) is 0 Å². The Morgan fingerprint density at radius 3 is 2.54 bits per heavy atom. The normalized spacial score (nSPS) is 79.8. The molecule has 6 fully saturated rings. The van der Waals surface area contributed by atoms with Crippen LogP contribution in [0.5, 0.6) is 0 Å². The summed E-state index contributed by atoms with van der Waals surface area (Å²) in [6, 6.07) is 0. The number of rotatable bonds is 0. The molecule has 0 radical (unpaired) electrons. The van der Waals surface area contributed by atoms with E-state index in [0.717, 1.165) is 40.3 Å². The Hall–Kier alpha value is 0.150. The van der Waals surface area contributed by atoms with Crippen LogP contribution in [0.15, 0.2) is 0 Å². The van der Waals surface area contributed by atoms with Crippen molar-refractivity contribution in [3.05, 3.63) is 0 Å². The van der Waals surface area contributed by atoms with E-state index in [-0.39, 0.29) is 0 Å². The molecule has 1 nitrogen and oxygen atoms in total. The van der Waals surface area contributed by atoms with Crippen molar-refractivity contribution in [3.63, 3.8) is 0 Å². The second-order valence-corrected chi connectivity index (χ2v) is 6.83. The predicted octanol–water partition coefficient (Wildman–Crippen LogP) is 1.71. The van der Waals surface area contributed by atoms with Crippen LogP contribution >= 0.6 is 15.9 Å². The van der Waals surface area contributed by atoms with Crippen molar-refractivity contribution in [2.45, 2.75) is 11.2 Å². The third-order valence-corrected chi connectivity index (χ3v) is 7.24. The quantitative estimate of drug-likeness (QED) is 0.588. The molecular weight excluding hydrogens is 228 g/mol. The van der Waals surface area contributed by atoms with Gasteiger partial charge in [0.2, 0.25) is 0 Å². The van der Waals surface area contributed by atoms with Crippen LogP contribution in [0.2, 0.25) is 0 Å². The highest BCUT2D eigenvalue weighted by molar-refractivity contribution is 9.09. The Labute approximate surface area is 85.4 Å². The molecule has 0 heterocycles. The van der Waals surface area contributed by atoms with Crippen LogP contribution in [-0.2, 0) is 4.79 Å². The zero-order valence-corrected chi connectivity index (χ0v) is 8.78. The molecule has 6 rings (SSSR count). The van der Waals surface area contributed by atoms with E-state index >= 15 is 0 Å². The third kappa shape index (κ3) is 0.397. The highest BCUT2D eigenvalue weighted by atomic mass is 79.9. The molecule has 6 aliphatic carbocycles. The number of Topliss-reactive ketones (excluding diaryl/α,β-unsaturated/α-hetero) is 1. The lowest BCUT2D eigenvalue weighted by atomic mass is 9.71. The Bertz CT molecular complexity index is 350. The van der Waals surface area contributed by atoms with E-state index < -0.39 is 0 Å². The van der Waals surface area contributed by atoms with Gasteiger partial charge in [0.05, 0.1) is 0 Å². The monoisotopic (exact) mass is 238 g/mol. The first-order valence-electron chi connectivity index (χ1n) is 5.48. The molecule has 0 aliphatic heterocycles. The van der Waals surface area contributed by atoms with Crippen LogP contribution in [0.4, 0.5) is 0 Å². The van der Waals surface area contributed by atoms with E-state index in [1.807, 2.05) is 0 Å². The average Bonchev–Trinajstić information content (AvgIpc) is 2.78. The van der Waals surface area contributed by atoms with Gasteiger partial charge in [-0.2, -0.15) is 0 Å². The van der Waals surface area contributed by atoms with Crippen molar-refractivity contribution in [1.82, 2.24) is 0 Å². The molecular formula is C11H11BrO. The first-order chi connectivity index (χ1) is 6.30. The number of carbonyl (C=O) groups is 1. The summed E-state index contributed by atoms with van der Waals surface area (Å²) >= 11 is 3.86. The number of hydrogen-bond donors (Lipinski definition) is 0. The smallest absolute Gasteiger partial charge is 0.140 e. The first-order valence-corrected chi connectivity index (χ1v) is 6.40. The standard InChI is InChI=1S/C11H11BrO/c12-10-6-2-1-3-4(6)9-8(10)5(2)7(3)11(9)13/h2-10H,1H2. The molecule has 6 aliphatic rings. The maximum atomic E-state index is 12.0. The van der Waals surface area contributed by atoms with Gasteiger partial charge in [-0.05, 0) is 41.9 Å². The van der Waals surface area contributed by atoms with Crippen molar-refractivity contribution >= 4 is 21.7 Å². The lowest BCUT2D eigenvalue weighted by molar-refractivity contribution is -0.122. The van der Waals surface area contributed by atoms with Gasteiger partial charge in [0.15, 0.2) is 0 Å². The maximum Gasteiger partial charge on any atom is 0.140 e. The number of ketones is 1. The number of carbonyl (C=O) groups excluding carboxylic acids is 1. The van der Waals surface area contributed by atoms with Crippen molar-refractivity contribution in [2.24, 2.45) is 47.3 Å². The van der Waals surface area contributed by atoms with Gasteiger partial charge in [-0.25, -0.2) is 0 Å². The van der Waals surface area contributed by atoms with Gasteiger partial charge in [0.1, 0.15) is 5.78 Å². The molecule has 9 unspecified atom stereocenters. The highest BCUT2D eigenvalue weighted by Crippen LogP contribution is 2.82. The van der Waals surface area contributed by atoms with Gasteiger partial charge in [0, 0.05) is 16.7 Å². The number of halogens is 1. The van der Waals surface area contributed by atoms with Gasteiger partial charge in [0.25, 0.3) is 0 Å². The minimum absolute atomic E-state index is 0.521. The van der Waals surface area contributed by atoms with Gasteiger partial charge >= 0.3 is 0 Å². The predicted molar refractivity (Wildman–Crippen MR) is 50.3 cm³/mol. The fourth-order valence-electron chi connectivity index (χ4n) is 6.20. The van der Waals surface area contributed by atoms with Crippen LogP contribution in [0.25, 0.3) is 0 Å². The zero-order valence-electron chi connectivity index (χ0n) is 7.19. The minimum Gasteiger partial charge on any atom is -0.299 e. The molecule has 6 bridgehead atoms. The van der Waals surface area contributed by atoms with Gasteiger partial charge in [-0.15, -0.1) is 0 Å². The Morgan fingerprint density at radius 1 is 1.00 bits per heavy atom. The number of alkyl halides is 1. The van der Waals surface area contributed by atoms with Crippen molar-refractivity contribution in [2.75, 3.05) is 0 Å². The lowest BCUT2D eigenvalue weighted by Crippen LogP contribution is -2.30. The molecule has 0 aromatic carbocycles. The fourth-order valence-corrected chi connectivity index (χ4v) is 7.62. The van der Waals surface area contributed by atoms with Crippen LogP contribution in [0, 0.1) is 47.3 Å². The van der Waals surface area contributed by atoms with Gasteiger partial charge < -0.3 is 0 Å². The summed E-state index contributed by atoms with van der Waals surface area (Å²) in [4.78, 5) is 12.7. The molecule has 0 aromatic heterocycles. The minimum atomic E-state index is 0.521. The summed E-state index contributed by atoms with van der Waals surface area (Å²) in [5, 5.41) is 0. The SMILES string of the molecule is O=C1C2C3C(Br)C4C5CC(C1C53)C24. The summed E-state index contributed by atoms with van der Waals surface area (Å²) < 4.78 is 0. The van der Waals surface area contributed by atoms with Gasteiger partial charge in [-0.1, -0.05) is 15.9 Å². The summed E-state index contributed by atoms with van der Waals surface area (Å²) in [6.45, 7) is 0. The molecule has 2 heteroatoms. The molecule has 0 aromatic rings. The largest absolute Gasteiger partial charge is 0.299 e. The van der Waals surface area contributed by atoms with Crippen LogP contribution in [0.1, 0.15) is 6.42 Å². The topological polar surface area (TPSA) is 17.1 Å². The Balaban J connectivity index is 1.90. The molecule has 6 saturated carbocycles. The molecule has 0 spiro atoms. The summed E-state index contributed by atoms with van der Waals surface area (Å²) in [7, 11) is 0. The van der Waals surface area contributed by atoms with E-state index in [0.29, 0.717) is 17.6 Å². The van der Waals surface area contributed by atoms with E-state index in [9.17, 15) is 4.79 Å². The fraction of sp³-hybridized carbons (Fsp3) is 0.909. The van der Waals surface area contributed by atoms with E-state index in [1.165, 1.54) is 6.42 Å². The molecule has 68 valence electrons. The highest BCUT2D eigenvalue weighted by Gasteiger charge is 2.83. The third-order valence-electron chi connectivity index (χ3n) is 6.01. The van der Waals surface area contributed by atoms with Crippen molar-refractivity contribution in [1.29, 1.82) is 0 Å². The summed E-state index contributed by atoms with van der Waals surface area (Å²) in [6.07, 6.45) is 1.41. The maximum absolute atomic E-state index is 12.0. The summed E-state index contributed by atoms with van der Waals surface area (Å²) in [5.41, 5.74) is 0. The molecule has 0 N–H and O–H groups in total. The molecule has 13 heavy (non-hydrogen) atoms. The average molecular weight is 239 g/mol. The second-order valence-electron chi connectivity index (χ2n) is 5.77. The van der Waals surface area contributed by atoms with E-state index in [2.05, 4.69) is 15.9 Å².